The molecule has 14 heteroatoms. The third-order valence-corrected chi connectivity index (χ3v) is 11.7. The Kier molecular flexibility index (Phi) is 11.5. The molecular weight excluding hydrogens is 789 g/mol. The molecule has 1 spiro atoms. The van der Waals surface area contributed by atoms with E-state index in [-0.39, 0.29) is 31.0 Å². The average Bonchev–Trinajstić information content (AvgIpc) is 3.74. The van der Waals surface area contributed by atoms with Gasteiger partial charge in [0, 0.05) is 5.56 Å². The van der Waals surface area contributed by atoms with Crippen LogP contribution in [0.25, 0.3) is 0 Å². The number of aliphatic hydroxyl groups is 1. The summed E-state index contributed by atoms with van der Waals surface area (Å²) in [6.45, 7) is 1.52. The summed E-state index contributed by atoms with van der Waals surface area (Å²) in [4.78, 5) is 74.5. The fourth-order valence-electron chi connectivity index (χ4n) is 9.28. The highest BCUT2D eigenvalue weighted by molar-refractivity contribution is 6.24. The smallest absolute Gasteiger partial charge is 0.329 e. The van der Waals surface area contributed by atoms with Crippen LogP contribution in [0.15, 0.2) is 133 Å². The van der Waals surface area contributed by atoms with E-state index in [0.717, 1.165) is 16.0 Å². The van der Waals surface area contributed by atoms with E-state index in [1.165, 1.54) is 0 Å². The zero-order chi connectivity index (χ0) is 43.5. The second-order valence-corrected chi connectivity index (χ2v) is 15.3. The number of aliphatic hydroxyl groups excluding tert-OH is 1. The van der Waals surface area contributed by atoms with E-state index in [1.54, 1.807) is 49.4 Å². The lowest BCUT2D eigenvalue weighted by atomic mass is 9.65. The van der Waals surface area contributed by atoms with Crippen LogP contribution < -0.4 is 31.7 Å². The van der Waals surface area contributed by atoms with Gasteiger partial charge in [0.05, 0.1) is 42.9 Å². The van der Waals surface area contributed by atoms with Gasteiger partial charge in [-0.2, -0.15) is 0 Å². The van der Waals surface area contributed by atoms with Crippen LogP contribution in [-0.4, -0.2) is 65.7 Å². The first-order valence-electron chi connectivity index (χ1n) is 20.1. The van der Waals surface area contributed by atoms with Gasteiger partial charge < -0.3 is 36.7 Å². The molecule has 2 saturated heterocycles. The molecule has 2 fully saturated rings. The highest BCUT2D eigenvalue weighted by Gasteiger charge is 2.75. The number of fused-ring (bicyclic) bond motifs is 3. The molecule has 0 radical (unpaired) electrons. The third-order valence-electron chi connectivity index (χ3n) is 11.7. The van der Waals surface area contributed by atoms with Crippen LogP contribution in [-0.2, 0) is 24.5 Å². The number of esters is 1. The number of primary amides is 2. The zero-order valence-corrected chi connectivity index (χ0v) is 33.6. The summed E-state index contributed by atoms with van der Waals surface area (Å²) in [6.07, 6.45) is -0.919. The number of urea groups is 2. The van der Waals surface area contributed by atoms with E-state index in [4.69, 9.17) is 20.9 Å². The van der Waals surface area contributed by atoms with Crippen LogP contribution in [0.3, 0.4) is 0 Å². The number of morpholine rings is 1. The second-order valence-electron chi connectivity index (χ2n) is 15.3. The molecule has 14 nitrogen and oxygen atoms in total. The third kappa shape index (κ3) is 7.27. The number of rotatable bonds is 10. The minimum absolute atomic E-state index is 0.0292. The minimum atomic E-state index is -2.05. The number of benzene rings is 5. The van der Waals surface area contributed by atoms with Crippen LogP contribution in [0.2, 0.25) is 0 Å². The first-order valence-corrected chi connectivity index (χ1v) is 20.1. The van der Waals surface area contributed by atoms with Gasteiger partial charge in [0.1, 0.15) is 29.9 Å². The molecular formula is C48H44N6O8. The van der Waals surface area contributed by atoms with Gasteiger partial charge in [-0.3, -0.25) is 19.3 Å². The standard InChI is InChI=1S/C48H44N6O8/c1-29(31-13-5-2-6-14-31)52-47(60)53-37-24-19-30(12-11-25-51-46(50)59)28-36(37)48(45(53)58)38(43(49)56)40-44(57)62-41(33-17-9-4-10-18-33)39(32-15-7-3-8-16-32)54(40)42(48)34-20-22-35(23-21-34)61-27-26-55/h2-10,13-24,28-29,38-42,55H,25-27H2,1H3,(H2,49,56)(H,52,60)(H3,50,51,59)/t29-,38+,39+,40+,41-,42-,48+/m1/s1. The van der Waals surface area contributed by atoms with E-state index in [1.807, 2.05) is 95.9 Å². The van der Waals surface area contributed by atoms with Crippen LogP contribution >= 0.6 is 0 Å². The van der Waals surface area contributed by atoms with E-state index in [9.17, 15) is 24.3 Å². The predicted molar refractivity (Wildman–Crippen MR) is 228 cm³/mol. The molecule has 7 atom stereocenters. The Labute approximate surface area is 357 Å². The van der Waals surface area contributed by atoms with Crippen molar-refractivity contribution in [3.8, 4) is 17.6 Å². The molecule has 5 aromatic carbocycles. The number of nitrogens with zero attached hydrogens (tertiary/aromatic N) is 2. The predicted octanol–water partition coefficient (Wildman–Crippen LogP) is 4.70. The van der Waals surface area contributed by atoms with E-state index >= 15 is 4.79 Å². The maximum absolute atomic E-state index is 16.1. The topological polar surface area (TPSA) is 207 Å². The quantitative estimate of drug-likeness (QED) is 0.0976. The molecule has 0 bridgehead atoms. The molecule has 62 heavy (non-hydrogen) atoms. The number of amides is 6. The minimum Gasteiger partial charge on any atom is -0.491 e. The van der Waals surface area contributed by atoms with Crippen molar-refractivity contribution in [1.29, 1.82) is 0 Å². The molecule has 0 unspecified atom stereocenters. The van der Waals surface area contributed by atoms with Crippen molar-refractivity contribution in [2.75, 3.05) is 24.7 Å². The second kappa shape index (κ2) is 17.3. The Morgan fingerprint density at radius 2 is 1.48 bits per heavy atom. The molecule has 6 amide bonds. The van der Waals surface area contributed by atoms with E-state index < -0.39 is 71.5 Å². The zero-order valence-electron chi connectivity index (χ0n) is 33.6. The van der Waals surface area contributed by atoms with Gasteiger partial charge in [-0.1, -0.05) is 115 Å². The van der Waals surface area contributed by atoms with Crippen LogP contribution in [0, 0.1) is 17.8 Å². The summed E-state index contributed by atoms with van der Waals surface area (Å²) in [5.74, 6) is 2.16. The monoisotopic (exact) mass is 832 g/mol. The highest BCUT2D eigenvalue weighted by atomic mass is 16.6. The average molecular weight is 833 g/mol. The number of hydrogen-bond donors (Lipinski definition) is 5. The number of cyclic esters (lactones) is 1. The molecule has 7 N–H and O–H groups in total. The number of carbonyl (C=O) groups is 5. The van der Waals surface area contributed by atoms with Crippen molar-refractivity contribution < 1.29 is 38.6 Å². The first kappa shape index (κ1) is 41.3. The maximum atomic E-state index is 16.1. The van der Waals surface area contributed by atoms with Gasteiger partial charge in [0.15, 0.2) is 0 Å². The summed E-state index contributed by atoms with van der Waals surface area (Å²) >= 11 is 0. The van der Waals surface area contributed by atoms with Crippen LogP contribution in [0.1, 0.15) is 64.5 Å². The van der Waals surface area contributed by atoms with Gasteiger partial charge in [0.25, 0.3) is 0 Å². The van der Waals surface area contributed by atoms with Gasteiger partial charge in [-0.05, 0) is 65.1 Å². The largest absolute Gasteiger partial charge is 0.491 e. The number of nitrogens with two attached hydrogens (primary N) is 2. The van der Waals surface area contributed by atoms with Gasteiger partial charge >= 0.3 is 18.0 Å². The van der Waals surface area contributed by atoms with Crippen LogP contribution in [0.5, 0.6) is 5.75 Å². The van der Waals surface area contributed by atoms with Crippen molar-refractivity contribution in [3.63, 3.8) is 0 Å². The first-order chi connectivity index (χ1) is 30.1. The Balaban J connectivity index is 1.40. The lowest BCUT2D eigenvalue weighted by molar-refractivity contribution is -0.178. The number of hydrogen-bond acceptors (Lipinski definition) is 9. The molecule has 5 aromatic rings. The van der Waals surface area contributed by atoms with E-state index in [0.29, 0.717) is 22.4 Å². The Bertz CT molecular complexity index is 2560. The maximum Gasteiger partial charge on any atom is 0.329 e. The summed E-state index contributed by atoms with van der Waals surface area (Å²) in [5.41, 5.74) is 13.1. The van der Waals surface area contributed by atoms with Crippen molar-refractivity contribution in [1.82, 2.24) is 15.5 Å². The van der Waals surface area contributed by atoms with Crippen molar-refractivity contribution in [3.05, 3.63) is 167 Å². The van der Waals surface area contributed by atoms with Gasteiger partial charge in [-0.25, -0.2) is 14.5 Å². The summed E-state index contributed by atoms with van der Waals surface area (Å²) < 4.78 is 12.1. The number of anilines is 1. The molecule has 0 saturated carbocycles. The summed E-state index contributed by atoms with van der Waals surface area (Å²) in [6, 6.07) is 34.1. The van der Waals surface area contributed by atoms with Crippen LogP contribution in [0.4, 0.5) is 15.3 Å². The summed E-state index contributed by atoms with van der Waals surface area (Å²) in [5, 5.41) is 14.9. The number of imide groups is 1. The van der Waals surface area contributed by atoms with Gasteiger partial charge in [-0.15, -0.1) is 0 Å². The van der Waals surface area contributed by atoms with Crippen molar-refractivity contribution >= 4 is 35.5 Å². The Hall–Kier alpha value is -7.47. The molecule has 3 heterocycles. The molecule has 8 rings (SSSR count). The Morgan fingerprint density at radius 3 is 2.11 bits per heavy atom. The number of ether oxygens (including phenoxy) is 2. The van der Waals surface area contributed by atoms with Crippen molar-refractivity contribution in [2.24, 2.45) is 17.4 Å². The SMILES string of the molecule is C[C@@H](NC(=O)N1C(=O)[C@@]2(c3cc(C#CCNC(N)=O)ccc31)[C@H](C(N)=O)[C@H]1C(=O)O[C@H](c3ccccc3)[C@H](c3ccccc3)N1[C@@H]2c1ccc(OCCO)cc1)c1ccccc1. The molecule has 0 aliphatic carbocycles. The fourth-order valence-corrected chi connectivity index (χ4v) is 9.28. The van der Waals surface area contributed by atoms with E-state index in [2.05, 4.69) is 22.5 Å². The molecule has 3 aliphatic rings. The highest BCUT2D eigenvalue weighted by Crippen LogP contribution is 2.65. The fraction of sp³-hybridized carbons (Fsp3) is 0.229. The lowest BCUT2D eigenvalue weighted by Gasteiger charge is -2.46. The lowest BCUT2D eigenvalue weighted by Crippen LogP contribution is -2.55. The molecule has 3 aliphatic heterocycles. The number of carbonyl (C=O) groups excluding carboxylic acids is 5. The summed E-state index contributed by atoms with van der Waals surface area (Å²) in [7, 11) is 0. The molecule has 314 valence electrons. The number of nitrogens with one attached hydrogen (secondary N) is 2. The normalized spacial score (nSPS) is 23.0. The Morgan fingerprint density at radius 1 is 0.839 bits per heavy atom. The van der Waals surface area contributed by atoms with Gasteiger partial charge in [0.2, 0.25) is 11.8 Å². The van der Waals surface area contributed by atoms with Crippen molar-refractivity contribution in [2.45, 2.75) is 42.6 Å². The molecule has 0 aromatic heterocycles.